The maximum absolute atomic E-state index is 5.00. The molecule has 2 atom stereocenters. The second-order valence-electron chi connectivity index (χ2n) is 0. The third-order valence-corrected chi connectivity index (χ3v) is 0. The topological polar surface area (TPSA) is 0 Å². The lowest BCUT2D eigenvalue weighted by molar-refractivity contribution is 2.50. The molecule has 0 radical (unpaired) electrons. The molecule has 0 rings (SSSR count). The van der Waals surface area contributed by atoms with E-state index < -0.39 is 0 Å². The third-order valence-electron chi connectivity index (χ3n) is 0. The summed E-state index contributed by atoms with van der Waals surface area (Å²) >= 11 is 4.24. The van der Waals surface area contributed by atoms with Crippen LogP contribution in [0.15, 0.2) is 0 Å². The van der Waals surface area contributed by atoms with Gasteiger partial charge in [-0.1, -0.05) is 14.9 Å². The molecule has 0 spiro atoms. The van der Waals surface area contributed by atoms with Crippen molar-refractivity contribution in [3.8, 4) is 0 Å². The van der Waals surface area contributed by atoms with Gasteiger partial charge in [-0.15, -0.1) is 17.9 Å². The van der Waals surface area contributed by atoms with Crippen LogP contribution in [-0.2, 0) is 0 Å². The molecule has 0 bridgehead atoms. The van der Waals surface area contributed by atoms with Gasteiger partial charge in [0.2, 0.25) is 0 Å². The molecule has 0 amide bonds. The molecule has 0 aliphatic heterocycles. The summed E-state index contributed by atoms with van der Waals surface area (Å²) in [5.41, 5.74) is 0. The lowest BCUT2D eigenvalue weighted by atomic mass is 12.0. The maximum Gasteiger partial charge on any atom is 0 e. The zero-order chi connectivity index (χ0) is 8.00. The minimum Gasteiger partial charge on any atom is -0.118 e. The monoisotopic (exact) mass is 366 g/mol. The molecule has 0 aromatic rings. The first-order valence-electron chi connectivity index (χ1n) is 2.48. The number of hydrogen-bond acceptors (Lipinski definition) is 0. The van der Waals surface area contributed by atoms with Gasteiger partial charge in [0.05, 0.1) is 0 Å². The van der Waals surface area contributed by atoms with E-state index in [1.807, 2.05) is 0 Å². The Morgan fingerprint density at radius 1 is 1.33 bits per heavy atom. The maximum atomic E-state index is 5.00. The van der Waals surface area contributed by atoms with E-state index in [0.29, 0.717) is 0 Å². The highest BCUT2D eigenvalue weighted by Crippen LogP contribution is 1.89. The normalized spacial score (nSPS) is 4.67. The largest absolute Gasteiger partial charge is 0.118 e. The highest BCUT2D eigenvalue weighted by molar-refractivity contribution is 15.0. The summed E-state index contributed by atoms with van der Waals surface area (Å²) in [5.74, 6) is 0. The quantitative estimate of drug-likeness (QED) is 0.440. The first-order valence-corrected chi connectivity index (χ1v) is 9.43. The van der Waals surface area contributed by atoms with E-state index in [1.165, 1.54) is 0 Å². The van der Waals surface area contributed by atoms with Crippen molar-refractivity contribution in [2.75, 3.05) is 0 Å². The Bertz CT molecular complexity index is 20.4. The average Bonchev–Trinajstić information content (AvgIpc) is 2.03. The number of rotatable bonds is 0. The van der Waals surface area contributed by atoms with Gasteiger partial charge >= 0.3 is 0 Å². The summed E-state index contributed by atoms with van der Waals surface area (Å²) < 4.78 is 20.0. The minimum atomic E-state index is 0. The van der Waals surface area contributed by atoms with Crippen molar-refractivity contribution in [2.24, 2.45) is 0 Å². The molecule has 50 valence electrons. The van der Waals surface area contributed by atoms with E-state index in [4.69, 9.17) is 5.94 Å². The van der Waals surface area contributed by atoms with E-state index in [2.05, 4.69) is 55.1 Å². The second-order valence-corrected chi connectivity index (χ2v) is 0. The Hall–Kier alpha value is 2.32. The Morgan fingerprint density at radius 2 is 1.33 bits per heavy atom. The van der Waals surface area contributed by atoms with E-state index in [1.54, 1.807) is 0 Å². The van der Waals surface area contributed by atoms with Crippen LogP contribution in [0.3, 0.4) is 0 Å². The minimum absolute atomic E-state index is 0. The lowest BCUT2D eigenvalue weighted by Gasteiger charge is -1.12. The van der Waals surface area contributed by atoms with Crippen LogP contribution < -0.4 is 0 Å². The van der Waals surface area contributed by atoms with Crippen LogP contribution in [0.1, 0.15) is 22.2 Å². The van der Waals surface area contributed by atoms with Crippen LogP contribution in [0.4, 0.5) is 0 Å². The summed E-state index contributed by atoms with van der Waals surface area (Å²) in [5, 5.41) is 0. The average molecular weight is 366 g/mol. The Morgan fingerprint density at radius 3 is 1.33 bits per heavy atom. The van der Waals surface area contributed by atoms with Gasteiger partial charge in [-0.05, 0) is 0 Å². The smallest absolute Gasteiger partial charge is 0 e. The Kier molecular flexibility index (Phi) is 101. The highest BCUT2D eigenvalue weighted by atomic mass is 128. The molecule has 0 fully saturated rings. The molecule has 0 N–H and O–H groups in total. The standard InChI is InChI=1S/2CH4.I2.H4P2.3H2/c;;2*1-2;;;/h2*1H4;;1-2H2;3*1H/i;;;;2*1+2T;. The Balaban J connectivity index is -0.00000000356. The molecule has 4 heteroatoms. The van der Waals surface area contributed by atoms with Crippen LogP contribution in [-0.4, -0.2) is 0 Å². The van der Waals surface area contributed by atoms with E-state index >= 15 is 0 Å². The first kappa shape index (κ1) is 11.2. The van der Waals surface area contributed by atoms with Crippen LogP contribution in [0.25, 0.3) is 0 Å². The fourth-order valence-electron chi connectivity index (χ4n) is 0. The predicted molar refractivity (Wildman–Crippen MR) is 67.3 cm³/mol. The van der Waals surface area contributed by atoms with Crippen LogP contribution in [0.2, 0.25) is 0 Å². The summed E-state index contributed by atoms with van der Waals surface area (Å²) in [7, 11) is 4.67. The molecule has 0 saturated carbocycles. The van der Waals surface area contributed by atoms with Gasteiger partial charge in [-0.2, -0.15) is 0 Å². The molecule has 0 heterocycles. The van der Waals surface area contributed by atoms with Gasteiger partial charge in [0.25, 0.3) is 0 Å². The zero-order valence-electron chi connectivity index (χ0n) is 5.91. The van der Waals surface area contributed by atoms with Crippen LogP contribution in [0, 0.1) is 0 Å². The lowest BCUT2D eigenvalue weighted by Crippen LogP contribution is -0.139. The van der Waals surface area contributed by atoms with Gasteiger partial charge in [-0.25, -0.2) is 0 Å². The van der Waals surface area contributed by atoms with Crippen molar-refractivity contribution in [2.45, 2.75) is 14.9 Å². The van der Waals surface area contributed by atoms with Gasteiger partial charge in [0, 0.05) is 44.6 Å². The predicted octanol–water partition coefficient (Wildman–Crippen LogP) is 4.43. The summed E-state index contributed by atoms with van der Waals surface area (Å²) in [6, 6.07) is 0. The van der Waals surface area contributed by atoms with Crippen LogP contribution in [0.5, 0.6) is 0 Å². The summed E-state index contributed by atoms with van der Waals surface area (Å²) in [6.07, 6.45) is 0. The second kappa shape index (κ2) is 54.3. The van der Waals surface area contributed by atoms with Crippen molar-refractivity contribution in [1.29, 1.82) is 0 Å². The highest BCUT2D eigenvalue weighted by Gasteiger charge is 1.00. The van der Waals surface area contributed by atoms with Crippen LogP contribution >= 0.6 is 55.1 Å². The van der Waals surface area contributed by atoms with Gasteiger partial charge in [0.1, 0.15) is 0 Å². The molecule has 6 heavy (non-hydrogen) atoms. The van der Waals surface area contributed by atoms with Crippen molar-refractivity contribution in [1.82, 2.24) is 0 Å². The molecule has 2 unspecified atom stereocenters. The van der Waals surface area contributed by atoms with Crippen molar-refractivity contribution >= 4 is 55.1 Å². The number of halogens is 2. The third kappa shape index (κ3) is 33.2. The van der Waals surface area contributed by atoms with Gasteiger partial charge in [-0.3, -0.25) is 0 Å². The summed E-state index contributed by atoms with van der Waals surface area (Å²) in [6.45, 7) is 0. The van der Waals surface area contributed by atoms with E-state index in [0.717, 1.165) is 0 Å². The van der Waals surface area contributed by atoms with Gasteiger partial charge < -0.3 is 0 Å². The first-order chi connectivity index (χ1) is 4.00. The molecule has 0 aromatic heterocycles. The zero-order valence-corrected chi connectivity index (χ0v) is 8.54. The Labute approximate surface area is 76.9 Å². The van der Waals surface area contributed by atoms with E-state index in [9.17, 15) is 0 Å². The fraction of sp³-hybridized carbons (Fsp3) is 1.00. The fourth-order valence-corrected chi connectivity index (χ4v) is 0. The molecule has 0 aliphatic carbocycles. The van der Waals surface area contributed by atoms with Gasteiger partial charge in [0.15, 0.2) is 0 Å². The molecule has 0 aliphatic rings. The molecular weight excluding hydrogens is 340 g/mol. The SMILES string of the molecule is C.C.II.PP.[3H][3H].[3H][3H].[HH]. The van der Waals surface area contributed by atoms with Crippen molar-refractivity contribution in [3.63, 3.8) is 0 Å². The number of hydrogen-bond donors (Lipinski definition) is 0. The summed E-state index contributed by atoms with van der Waals surface area (Å²) in [4.78, 5) is 0. The molecule has 0 aromatic carbocycles. The van der Waals surface area contributed by atoms with Crippen molar-refractivity contribution in [3.05, 3.63) is 0 Å². The molecular formula is C2H18I2P2. The van der Waals surface area contributed by atoms with Crippen molar-refractivity contribution < 1.29 is 7.37 Å². The van der Waals surface area contributed by atoms with E-state index in [-0.39, 0.29) is 16.3 Å². The molecule has 0 saturated heterocycles. The molecule has 0 nitrogen and oxygen atoms in total.